The Hall–Kier alpha value is -3.21. The lowest BCUT2D eigenvalue weighted by Crippen LogP contribution is -2.50. The van der Waals surface area contributed by atoms with Crippen molar-refractivity contribution in [3.63, 3.8) is 0 Å². The van der Waals surface area contributed by atoms with Gasteiger partial charge in [0, 0.05) is 48.6 Å². The Morgan fingerprint density at radius 3 is 2.31 bits per heavy atom. The minimum Gasteiger partial charge on any atom is -0.354 e. The van der Waals surface area contributed by atoms with Crippen LogP contribution in [0.2, 0.25) is 10.0 Å². The van der Waals surface area contributed by atoms with Gasteiger partial charge < -0.3 is 10.2 Å². The smallest absolute Gasteiger partial charge is 0.243 e. The minimum absolute atomic E-state index is 0.00481. The van der Waals surface area contributed by atoms with Gasteiger partial charge >= 0.3 is 0 Å². The van der Waals surface area contributed by atoms with E-state index in [-0.39, 0.29) is 43.9 Å². The van der Waals surface area contributed by atoms with Gasteiger partial charge in [0.25, 0.3) is 0 Å². The number of hydrogen-bond donors (Lipinski definition) is 1. The number of halogens is 4. The molecule has 0 unspecified atom stereocenters. The first kappa shape index (κ1) is 33.3. The maximum Gasteiger partial charge on any atom is 0.243 e. The Bertz CT molecular complexity index is 1490. The fraction of sp³-hybridized carbons (Fsp3) is 0.333. The third-order valence-electron chi connectivity index (χ3n) is 6.52. The normalized spacial score (nSPS) is 12.0. The summed E-state index contributed by atoms with van der Waals surface area (Å²) in [6, 6.07) is 16.0. The molecule has 0 bridgehead atoms. The zero-order valence-corrected chi connectivity index (χ0v) is 25.7. The van der Waals surface area contributed by atoms with Gasteiger partial charge in [0.05, 0.1) is 11.9 Å². The van der Waals surface area contributed by atoms with Crippen molar-refractivity contribution in [3.8, 4) is 0 Å². The molecular weight excluding hydrogens is 607 g/mol. The van der Waals surface area contributed by atoms with Crippen molar-refractivity contribution in [1.82, 2.24) is 10.2 Å². The summed E-state index contributed by atoms with van der Waals surface area (Å²) in [4.78, 5) is 28.7. The summed E-state index contributed by atoms with van der Waals surface area (Å²) in [5, 5.41) is 3.63. The predicted molar refractivity (Wildman–Crippen MR) is 162 cm³/mol. The number of carbonyl (C=O) groups excluding carboxylic acids is 2. The van der Waals surface area contributed by atoms with E-state index in [9.17, 15) is 26.8 Å². The van der Waals surface area contributed by atoms with Crippen molar-refractivity contribution in [2.24, 2.45) is 0 Å². The van der Waals surface area contributed by atoms with Crippen LogP contribution in [0.5, 0.6) is 0 Å². The molecule has 226 valence electrons. The Morgan fingerprint density at radius 1 is 0.976 bits per heavy atom. The summed E-state index contributed by atoms with van der Waals surface area (Å²) in [5.41, 5.74) is 1.36. The largest absolute Gasteiger partial charge is 0.354 e. The number of carbonyl (C=O) groups is 2. The van der Waals surface area contributed by atoms with Crippen LogP contribution in [-0.2, 0) is 32.6 Å². The average Bonchev–Trinajstić information content (AvgIpc) is 2.94. The molecule has 0 saturated heterocycles. The monoisotopic (exact) mass is 639 g/mol. The summed E-state index contributed by atoms with van der Waals surface area (Å²) < 4.78 is 53.2. The van der Waals surface area contributed by atoms with Gasteiger partial charge in [-0.25, -0.2) is 17.2 Å². The van der Waals surface area contributed by atoms with Gasteiger partial charge in [-0.1, -0.05) is 66.5 Å². The molecule has 2 amide bonds. The molecule has 7 nitrogen and oxygen atoms in total. The van der Waals surface area contributed by atoms with Gasteiger partial charge in [0.15, 0.2) is 11.6 Å². The van der Waals surface area contributed by atoms with E-state index >= 15 is 0 Å². The van der Waals surface area contributed by atoms with Gasteiger partial charge in [-0.15, -0.1) is 0 Å². The van der Waals surface area contributed by atoms with Crippen LogP contribution in [0.15, 0.2) is 66.7 Å². The van der Waals surface area contributed by atoms with Crippen molar-refractivity contribution in [3.05, 3.63) is 99.5 Å². The highest BCUT2D eigenvalue weighted by atomic mass is 35.5. The lowest BCUT2D eigenvalue weighted by molar-refractivity contribution is -0.141. The second kappa shape index (κ2) is 15.3. The van der Waals surface area contributed by atoms with E-state index in [0.29, 0.717) is 28.6 Å². The lowest BCUT2D eigenvalue weighted by Gasteiger charge is -2.32. The molecule has 0 heterocycles. The fourth-order valence-electron chi connectivity index (χ4n) is 4.40. The van der Waals surface area contributed by atoms with Gasteiger partial charge in [-0.3, -0.25) is 13.9 Å². The average molecular weight is 641 g/mol. The number of nitrogens with zero attached hydrogens (tertiary/aromatic N) is 2. The van der Waals surface area contributed by atoms with E-state index in [1.807, 2.05) is 37.3 Å². The van der Waals surface area contributed by atoms with Crippen LogP contribution in [0.25, 0.3) is 0 Å². The maximum absolute atomic E-state index is 13.9. The van der Waals surface area contributed by atoms with Crippen LogP contribution in [0.3, 0.4) is 0 Å². The zero-order valence-electron chi connectivity index (χ0n) is 23.3. The van der Waals surface area contributed by atoms with E-state index in [2.05, 4.69) is 5.32 Å². The highest BCUT2D eigenvalue weighted by Gasteiger charge is 2.31. The summed E-state index contributed by atoms with van der Waals surface area (Å²) in [6.07, 6.45) is 1.79. The lowest BCUT2D eigenvalue weighted by atomic mass is 10.0. The molecule has 0 aliphatic heterocycles. The van der Waals surface area contributed by atoms with E-state index in [0.717, 1.165) is 34.3 Å². The van der Waals surface area contributed by atoms with Gasteiger partial charge in [0.2, 0.25) is 21.8 Å². The first-order chi connectivity index (χ1) is 19.9. The van der Waals surface area contributed by atoms with Crippen LogP contribution >= 0.6 is 23.2 Å². The molecule has 3 aromatic carbocycles. The number of benzene rings is 3. The molecule has 0 aliphatic rings. The molecular formula is C30H33Cl2F2N3O4S. The van der Waals surface area contributed by atoms with Crippen LogP contribution in [0.1, 0.15) is 37.3 Å². The molecule has 0 radical (unpaired) electrons. The quantitative estimate of drug-likeness (QED) is 0.235. The molecule has 1 atom stereocenters. The second-order valence-electron chi connectivity index (χ2n) is 9.79. The molecule has 0 aromatic heterocycles. The number of amides is 2. The maximum atomic E-state index is 13.9. The van der Waals surface area contributed by atoms with E-state index in [4.69, 9.17) is 23.2 Å². The van der Waals surface area contributed by atoms with Crippen molar-refractivity contribution in [1.29, 1.82) is 0 Å². The molecule has 0 aliphatic carbocycles. The number of anilines is 1. The Kier molecular flexibility index (Phi) is 12.1. The molecule has 0 fully saturated rings. The van der Waals surface area contributed by atoms with E-state index in [1.54, 1.807) is 18.2 Å². The first-order valence-electron chi connectivity index (χ1n) is 13.4. The van der Waals surface area contributed by atoms with Crippen molar-refractivity contribution in [2.75, 3.05) is 23.7 Å². The van der Waals surface area contributed by atoms with E-state index in [1.165, 1.54) is 4.90 Å². The van der Waals surface area contributed by atoms with Crippen molar-refractivity contribution >= 4 is 50.7 Å². The fourth-order valence-corrected chi connectivity index (χ4v) is 5.82. The first-order valence-corrected chi connectivity index (χ1v) is 16.0. The predicted octanol–water partition coefficient (Wildman–Crippen LogP) is 5.98. The molecule has 0 spiro atoms. The summed E-state index contributed by atoms with van der Waals surface area (Å²) in [5.74, 6) is -3.04. The van der Waals surface area contributed by atoms with Crippen LogP contribution in [0, 0.1) is 11.6 Å². The molecule has 1 N–H and O–H groups in total. The Balaban J connectivity index is 1.90. The minimum atomic E-state index is -3.88. The summed E-state index contributed by atoms with van der Waals surface area (Å²) >= 11 is 12.5. The van der Waals surface area contributed by atoms with Gasteiger partial charge in [-0.05, 0) is 48.2 Å². The second-order valence-corrected chi connectivity index (χ2v) is 12.5. The zero-order chi connectivity index (χ0) is 30.9. The highest BCUT2D eigenvalue weighted by Crippen LogP contribution is 2.25. The summed E-state index contributed by atoms with van der Waals surface area (Å²) in [6.45, 7) is 2.18. The third kappa shape index (κ3) is 9.40. The van der Waals surface area contributed by atoms with E-state index < -0.39 is 33.6 Å². The molecule has 3 aromatic rings. The Morgan fingerprint density at radius 2 is 1.69 bits per heavy atom. The number of sulfonamides is 1. The van der Waals surface area contributed by atoms with Crippen LogP contribution < -0.4 is 9.62 Å². The molecule has 3 rings (SSSR count). The standard InChI is InChI=1S/C30H33Cl2F2N3O4S/c1-3-15-35-30(39)28(17-21-8-5-4-6-9-21)36(20-22-11-12-23(31)18-25(22)32)29(38)10-7-16-37(42(2,40)41)24-13-14-26(33)27(34)19-24/h4-6,8-9,11-14,18-19,28H,3,7,10,15-17,20H2,1-2H3,(H,35,39)/t28-/m0/s1. The number of rotatable bonds is 14. The number of hydrogen-bond acceptors (Lipinski definition) is 4. The van der Waals surface area contributed by atoms with Gasteiger partial charge in [0.1, 0.15) is 6.04 Å². The number of nitrogens with one attached hydrogen (secondary N) is 1. The van der Waals surface area contributed by atoms with Crippen molar-refractivity contribution in [2.45, 2.75) is 45.2 Å². The van der Waals surface area contributed by atoms with Crippen molar-refractivity contribution < 1.29 is 26.8 Å². The Labute approximate surface area is 255 Å². The van der Waals surface area contributed by atoms with Crippen LogP contribution in [0.4, 0.5) is 14.5 Å². The van der Waals surface area contributed by atoms with Crippen LogP contribution in [-0.4, -0.2) is 50.5 Å². The third-order valence-corrected chi connectivity index (χ3v) is 8.30. The van der Waals surface area contributed by atoms with Gasteiger partial charge in [-0.2, -0.15) is 0 Å². The topological polar surface area (TPSA) is 86.8 Å². The highest BCUT2D eigenvalue weighted by molar-refractivity contribution is 7.92. The molecule has 12 heteroatoms. The molecule has 0 saturated carbocycles. The SMILES string of the molecule is CCCNC(=O)[C@H](Cc1ccccc1)N(Cc1ccc(Cl)cc1Cl)C(=O)CCCN(c1ccc(F)c(F)c1)S(C)(=O)=O. The summed E-state index contributed by atoms with van der Waals surface area (Å²) in [7, 11) is -3.88. The molecule has 42 heavy (non-hydrogen) atoms.